The standard InChI is InChI=1S/C28H25N5O/c1-20-17-26-30-25(22-11-7-4-8-12-22)18-27(33(26)31-20)29-24-15-13-23(14-16-24)28(34)32(2)19-21-9-5-3-6-10-21/h3-18,29H,19H2,1-2H3. The topological polar surface area (TPSA) is 62.5 Å². The Kier molecular flexibility index (Phi) is 5.79. The van der Waals surface area contributed by atoms with E-state index >= 15 is 0 Å². The smallest absolute Gasteiger partial charge is 0.253 e. The number of hydrogen-bond donors (Lipinski definition) is 1. The first-order chi connectivity index (χ1) is 16.6. The van der Waals surface area contributed by atoms with Gasteiger partial charge in [0.1, 0.15) is 5.82 Å². The Labute approximate surface area is 198 Å². The van der Waals surface area contributed by atoms with Crippen LogP contribution in [0.5, 0.6) is 0 Å². The maximum Gasteiger partial charge on any atom is 0.253 e. The number of nitrogens with one attached hydrogen (secondary N) is 1. The minimum absolute atomic E-state index is 0.0178. The van der Waals surface area contributed by atoms with Crippen LogP contribution in [-0.2, 0) is 6.54 Å². The fourth-order valence-corrected chi connectivity index (χ4v) is 3.93. The fourth-order valence-electron chi connectivity index (χ4n) is 3.93. The first-order valence-electron chi connectivity index (χ1n) is 11.2. The number of rotatable bonds is 6. The van der Waals surface area contributed by atoms with Gasteiger partial charge in [-0.3, -0.25) is 4.79 Å². The Bertz CT molecular complexity index is 1430. The van der Waals surface area contributed by atoms with Gasteiger partial charge in [0.15, 0.2) is 5.65 Å². The molecule has 0 aliphatic rings. The van der Waals surface area contributed by atoms with Gasteiger partial charge in [0.05, 0.1) is 11.4 Å². The summed E-state index contributed by atoms with van der Waals surface area (Å²) in [5, 5.41) is 8.02. The molecule has 0 saturated carbocycles. The van der Waals surface area contributed by atoms with Crippen LogP contribution in [0.15, 0.2) is 97.1 Å². The van der Waals surface area contributed by atoms with E-state index in [4.69, 9.17) is 4.98 Å². The molecular formula is C28H25N5O. The van der Waals surface area contributed by atoms with E-state index in [1.807, 2.05) is 111 Å². The average molecular weight is 448 g/mol. The third kappa shape index (κ3) is 4.52. The number of benzene rings is 3. The molecular weight excluding hydrogens is 422 g/mol. The summed E-state index contributed by atoms with van der Waals surface area (Å²) in [6.45, 7) is 2.52. The van der Waals surface area contributed by atoms with Crippen LogP contribution >= 0.6 is 0 Å². The Balaban J connectivity index is 1.38. The van der Waals surface area contributed by atoms with E-state index in [2.05, 4.69) is 10.4 Å². The molecule has 0 spiro atoms. The molecule has 2 aromatic heterocycles. The van der Waals surface area contributed by atoms with E-state index < -0.39 is 0 Å². The summed E-state index contributed by atoms with van der Waals surface area (Å²) in [7, 11) is 1.82. The number of hydrogen-bond acceptors (Lipinski definition) is 4. The van der Waals surface area contributed by atoms with Crippen molar-refractivity contribution in [3.05, 3.63) is 114 Å². The lowest BCUT2D eigenvalue weighted by molar-refractivity contribution is 0.0785. The molecule has 1 N–H and O–H groups in total. The minimum Gasteiger partial charge on any atom is -0.340 e. The molecule has 0 radical (unpaired) electrons. The molecule has 0 saturated heterocycles. The molecule has 0 atom stereocenters. The van der Waals surface area contributed by atoms with Gasteiger partial charge in [-0.05, 0) is 36.8 Å². The predicted octanol–water partition coefficient (Wildman–Crippen LogP) is 5.72. The van der Waals surface area contributed by atoms with E-state index in [-0.39, 0.29) is 5.91 Å². The average Bonchev–Trinajstić information content (AvgIpc) is 3.25. The largest absolute Gasteiger partial charge is 0.340 e. The van der Waals surface area contributed by atoms with Crippen molar-refractivity contribution >= 4 is 23.1 Å². The lowest BCUT2D eigenvalue weighted by Gasteiger charge is -2.18. The van der Waals surface area contributed by atoms with E-state index in [0.717, 1.165) is 39.7 Å². The second kappa shape index (κ2) is 9.19. The van der Waals surface area contributed by atoms with Gasteiger partial charge in [0, 0.05) is 42.5 Å². The van der Waals surface area contributed by atoms with E-state index in [9.17, 15) is 4.79 Å². The van der Waals surface area contributed by atoms with Gasteiger partial charge in [0.25, 0.3) is 5.91 Å². The highest BCUT2D eigenvalue weighted by Gasteiger charge is 2.13. The summed E-state index contributed by atoms with van der Waals surface area (Å²) in [4.78, 5) is 19.4. The first-order valence-corrected chi connectivity index (χ1v) is 11.2. The highest BCUT2D eigenvalue weighted by atomic mass is 16.2. The minimum atomic E-state index is -0.0178. The van der Waals surface area contributed by atoms with Crippen molar-refractivity contribution in [2.75, 3.05) is 12.4 Å². The summed E-state index contributed by atoms with van der Waals surface area (Å²) in [6.07, 6.45) is 0. The van der Waals surface area contributed by atoms with Crippen molar-refractivity contribution in [2.45, 2.75) is 13.5 Å². The second-order valence-corrected chi connectivity index (χ2v) is 8.30. The van der Waals surface area contributed by atoms with E-state index in [1.165, 1.54) is 0 Å². The number of carbonyl (C=O) groups is 1. The van der Waals surface area contributed by atoms with E-state index in [0.29, 0.717) is 12.1 Å². The summed E-state index contributed by atoms with van der Waals surface area (Å²) in [6, 6.07) is 31.5. The molecule has 0 unspecified atom stereocenters. The van der Waals surface area contributed by atoms with Crippen LogP contribution in [0.4, 0.5) is 11.5 Å². The quantitative estimate of drug-likeness (QED) is 0.362. The molecule has 3 aromatic carbocycles. The van der Waals surface area contributed by atoms with Gasteiger partial charge in [-0.2, -0.15) is 9.61 Å². The van der Waals surface area contributed by atoms with Gasteiger partial charge in [-0.25, -0.2) is 4.98 Å². The van der Waals surface area contributed by atoms with Crippen molar-refractivity contribution in [3.8, 4) is 11.3 Å². The molecule has 0 fully saturated rings. The molecule has 34 heavy (non-hydrogen) atoms. The zero-order valence-electron chi connectivity index (χ0n) is 19.1. The summed E-state index contributed by atoms with van der Waals surface area (Å²) < 4.78 is 1.80. The Hall–Kier alpha value is -4.45. The highest BCUT2D eigenvalue weighted by Crippen LogP contribution is 2.25. The van der Waals surface area contributed by atoms with Gasteiger partial charge in [-0.1, -0.05) is 60.7 Å². The predicted molar refractivity (Wildman–Crippen MR) is 135 cm³/mol. The lowest BCUT2D eigenvalue weighted by atomic mass is 10.1. The van der Waals surface area contributed by atoms with Crippen LogP contribution in [0.1, 0.15) is 21.6 Å². The number of aromatic nitrogens is 3. The number of aryl methyl sites for hydroxylation is 1. The maximum absolute atomic E-state index is 12.9. The van der Waals surface area contributed by atoms with Crippen molar-refractivity contribution in [3.63, 3.8) is 0 Å². The number of nitrogens with zero attached hydrogens (tertiary/aromatic N) is 4. The molecule has 2 heterocycles. The maximum atomic E-state index is 12.9. The second-order valence-electron chi connectivity index (χ2n) is 8.30. The van der Waals surface area contributed by atoms with Gasteiger partial charge in [-0.15, -0.1) is 0 Å². The van der Waals surface area contributed by atoms with Crippen LogP contribution in [0.25, 0.3) is 16.9 Å². The third-order valence-corrected chi connectivity index (χ3v) is 5.63. The van der Waals surface area contributed by atoms with Crippen LogP contribution in [0, 0.1) is 6.92 Å². The van der Waals surface area contributed by atoms with Crippen LogP contribution < -0.4 is 5.32 Å². The molecule has 168 valence electrons. The van der Waals surface area contributed by atoms with Gasteiger partial charge >= 0.3 is 0 Å². The number of carbonyl (C=O) groups excluding carboxylic acids is 1. The lowest BCUT2D eigenvalue weighted by Crippen LogP contribution is -2.26. The van der Waals surface area contributed by atoms with Crippen LogP contribution in [0.2, 0.25) is 0 Å². The monoisotopic (exact) mass is 447 g/mol. The molecule has 0 aliphatic carbocycles. The molecule has 5 rings (SSSR count). The van der Waals surface area contributed by atoms with Gasteiger partial charge < -0.3 is 10.2 Å². The molecule has 0 aliphatic heterocycles. The number of fused-ring (bicyclic) bond motifs is 1. The zero-order chi connectivity index (χ0) is 23.5. The van der Waals surface area contributed by atoms with Crippen molar-refractivity contribution in [2.24, 2.45) is 0 Å². The van der Waals surface area contributed by atoms with Crippen LogP contribution in [0.3, 0.4) is 0 Å². The molecule has 1 amide bonds. The van der Waals surface area contributed by atoms with E-state index in [1.54, 1.807) is 9.42 Å². The molecule has 0 bridgehead atoms. The molecule has 6 nitrogen and oxygen atoms in total. The zero-order valence-corrected chi connectivity index (χ0v) is 19.1. The molecule has 6 heteroatoms. The van der Waals surface area contributed by atoms with Crippen molar-refractivity contribution < 1.29 is 4.79 Å². The third-order valence-electron chi connectivity index (χ3n) is 5.63. The highest BCUT2D eigenvalue weighted by molar-refractivity contribution is 5.94. The Morgan fingerprint density at radius 2 is 1.59 bits per heavy atom. The molecule has 5 aromatic rings. The SMILES string of the molecule is Cc1cc2nc(-c3ccccc3)cc(Nc3ccc(C(=O)N(C)Cc4ccccc4)cc3)n2n1. The van der Waals surface area contributed by atoms with Gasteiger partial charge in [0.2, 0.25) is 0 Å². The van der Waals surface area contributed by atoms with Crippen molar-refractivity contribution in [1.29, 1.82) is 0 Å². The Morgan fingerprint density at radius 1 is 0.912 bits per heavy atom. The summed E-state index contributed by atoms with van der Waals surface area (Å²) >= 11 is 0. The fraction of sp³-hybridized carbons (Fsp3) is 0.107. The normalized spacial score (nSPS) is 10.9. The van der Waals surface area contributed by atoms with Crippen LogP contribution in [-0.4, -0.2) is 32.5 Å². The first kappa shape index (κ1) is 21.4. The van der Waals surface area contributed by atoms with Crippen molar-refractivity contribution in [1.82, 2.24) is 19.5 Å². The summed E-state index contributed by atoms with van der Waals surface area (Å²) in [5.74, 6) is 0.785. The number of amides is 1. The number of anilines is 2. The summed E-state index contributed by atoms with van der Waals surface area (Å²) in [5.41, 5.74) is 6.17. The Morgan fingerprint density at radius 3 is 2.29 bits per heavy atom.